The zero-order valence-electron chi connectivity index (χ0n) is 12.9. The van der Waals surface area contributed by atoms with Crippen LogP contribution in [-0.2, 0) is 6.18 Å². The molecule has 0 aliphatic carbocycles. The number of rotatable bonds is 5. The lowest BCUT2D eigenvalue weighted by atomic mass is 10.1. The second kappa shape index (κ2) is 7.49. The maximum atomic E-state index is 13.1. The molecule has 1 aromatic heterocycles. The summed E-state index contributed by atoms with van der Waals surface area (Å²) in [7, 11) is 0. The number of nitrogens with one attached hydrogen (secondary N) is 1. The minimum atomic E-state index is -4.65. The standard InChI is InChI=1S/C17H15F3N2OS/c1-2-3-8-23-12-6-4-11(5-7-12)15-9-14(17(18,19)20)13(10-21)16(24)22-15/h4-7,9H,2-3,8H2,1H3,(H,22,24). The minimum Gasteiger partial charge on any atom is -0.494 e. The molecule has 0 spiro atoms. The van der Waals surface area contributed by atoms with Crippen LogP contribution in [0.25, 0.3) is 11.3 Å². The Labute approximate surface area is 142 Å². The number of benzene rings is 1. The van der Waals surface area contributed by atoms with Gasteiger partial charge in [-0.15, -0.1) is 0 Å². The van der Waals surface area contributed by atoms with Crippen LogP contribution in [0.2, 0.25) is 0 Å². The van der Waals surface area contributed by atoms with Gasteiger partial charge in [-0.05, 0) is 42.3 Å². The average molecular weight is 352 g/mol. The molecule has 0 unspecified atom stereocenters. The van der Waals surface area contributed by atoms with Crippen molar-refractivity contribution in [3.05, 3.63) is 46.1 Å². The van der Waals surface area contributed by atoms with E-state index in [-0.39, 0.29) is 10.3 Å². The highest BCUT2D eigenvalue weighted by Gasteiger charge is 2.34. The first kappa shape index (κ1) is 18.0. The molecule has 0 fully saturated rings. The fraction of sp³-hybridized carbons (Fsp3) is 0.294. The molecule has 3 nitrogen and oxygen atoms in total. The molecule has 1 heterocycles. The van der Waals surface area contributed by atoms with Gasteiger partial charge in [0.2, 0.25) is 0 Å². The Kier molecular flexibility index (Phi) is 5.62. The van der Waals surface area contributed by atoms with Gasteiger partial charge in [-0.3, -0.25) is 0 Å². The molecule has 2 rings (SSSR count). The smallest absolute Gasteiger partial charge is 0.417 e. The number of ether oxygens (including phenoxy) is 1. The van der Waals surface area contributed by atoms with E-state index in [9.17, 15) is 13.2 Å². The summed E-state index contributed by atoms with van der Waals surface area (Å²) in [5.41, 5.74) is -0.877. The number of nitriles is 1. The largest absolute Gasteiger partial charge is 0.494 e. The van der Waals surface area contributed by atoms with Gasteiger partial charge in [0.25, 0.3) is 0 Å². The van der Waals surface area contributed by atoms with Crippen molar-refractivity contribution in [3.63, 3.8) is 0 Å². The molecular formula is C17H15F3N2OS. The number of hydrogen-bond acceptors (Lipinski definition) is 3. The normalized spacial score (nSPS) is 11.1. The van der Waals surface area contributed by atoms with E-state index >= 15 is 0 Å². The maximum Gasteiger partial charge on any atom is 0.417 e. The van der Waals surface area contributed by atoms with E-state index in [2.05, 4.69) is 11.9 Å². The predicted octanol–water partition coefficient (Wildman–Crippen LogP) is 5.48. The van der Waals surface area contributed by atoms with E-state index in [1.54, 1.807) is 24.3 Å². The molecule has 0 bridgehead atoms. The third-order valence-electron chi connectivity index (χ3n) is 3.38. The number of H-pyrrole nitrogens is 1. The lowest BCUT2D eigenvalue weighted by Gasteiger charge is -2.12. The first-order valence-electron chi connectivity index (χ1n) is 7.34. The molecule has 0 aliphatic heterocycles. The molecule has 1 N–H and O–H groups in total. The van der Waals surface area contributed by atoms with Crippen molar-refractivity contribution in [2.45, 2.75) is 25.9 Å². The van der Waals surface area contributed by atoms with Crippen LogP contribution in [0.4, 0.5) is 13.2 Å². The molecule has 1 aromatic carbocycles. The highest BCUT2D eigenvalue weighted by Crippen LogP contribution is 2.34. The van der Waals surface area contributed by atoms with Crippen LogP contribution in [0, 0.1) is 16.0 Å². The third-order valence-corrected chi connectivity index (χ3v) is 3.69. The van der Waals surface area contributed by atoms with Gasteiger partial charge in [-0.1, -0.05) is 25.6 Å². The molecule has 0 amide bonds. The van der Waals surface area contributed by atoms with Crippen molar-refractivity contribution in [1.82, 2.24) is 4.98 Å². The Bertz CT molecular complexity index is 805. The predicted molar refractivity (Wildman–Crippen MR) is 87.2 cm³/mol. The van der Waals surface area contributed by atoms with Crippen LogP contribution in [0.3, 0.4) is 0 Å². The molecule has 0 aliphatic rings. The van der Waals surface area contributed by atoms with E-state index in [0.717, 1.165) is 18.9 Å². The lowest BCUT2D eigenvalue weighted by molar-refractivity contribution is -0.137. The Morgan fingerprint density at radius 2 is 1.92 bits per heavy atom. The molecule has 7 heteroatoms. The Morgan fingerprint density at radius 3 is 2.46 bits per heavy atom. The monoisotopic (exact) mass is 352 g/mol. The molecular weight excluding hydrogens is 337 g/mol. The van der Waals surface area contributed by atoms with Gasteiger partial charge in [0, 0.05) is 5.69 Å². The maximum absolute atomic E-state index is 13.1. The number of nitrogens with zero attached hydrogens (tertiary/aromatic N) is 1. The first-order chi connectivity index (χ1) is 11.4. The van der Waals surface area contributed by atoms with E-state index in [1.165, 1.54) is 6.07 Å². The van der Waals surface area contributed by atoms with Gasteiger partial charge < -0.3 is 9.72 Å². The first-order valence-corrected chi connectivity index (χ1v) is 7.75. The molecule has 2 aromatic rings. The third kappa shape index (κ3) is 4.15. The molecule has 126 valence electrons. The lowest BCUT2D eigenvalue weighted by Crippen LogP contribution is -2.09. The van der Waals surface area contributed by atoms with Crippen molar-refractivity contribution in [2.75, 3.05) is 6.61 Å². The molecule has 0 atom stereocenters. The number of aromatic nitrogens is 1. The van der Waals surface area contributed by atoms with E-state index in [1.807, 2.05) is 0 Å². The van der Waals surface area contributed by atoms with Crippen molar-refractivity contribution in [3.8, 4) is 23.1 Å². The van der Waals surface area contributed by atoms with Crippen molar-refractivity contribution in [2.24, 2.45) is 0 Å². The average Bonchev–Trinajstić information content (AvgIpc) is 2.54. The van der Waals surface area contributed by atoms with Gasteiger partial charge in [-0.25, -0.2) is 0 Å². The van der Waals surface area contributed by atoms with Crippen LogP contribution in [0.1, 0.15) is 30.9 Å². The minimum absolute atomic E-state index is 0.200. The summed E-state index contributed by atoms with van der Waals surface area (Å²) >= 11 is 4.89. The zero-order valence-corrected chi connectivity index (χ0v) is 13.7. The number of halogens is 3. The summed E-state index contributed by atoms with van der Waals surface area (Å²) in [5.74, 6) is 0.649. The fourth-order valence-electron chi connectivity index (χ4n) is 2.11. The van der Waals surface area contributed by atoms with Crippen molar-refractivity contribution >= 4 is 12.2 Å². The van der Waals surface area contributed by atoms with Gasteiger partial charge in [0.15, 0.2) is 0 Å². The number of aromatic amines is 1. The summed E-state index contributed by atoms with van der Waals surface area (Å²) in [5, 5.41) is 8.91. The summed E-state index contributed by atoms with van der Waals surface area (Å²) in [6, 6.07) is 9.09. The number of hydrogen-bond donors (Lipinski definition) is 1. The van der Waals surface area contributed by atoms with E-state index in [4.69, 9.17) is 22.2 Å². The van der Waals surface area contributed by atoms with Crippen molar-refractivity contribution < 1.29 is 17.9 Å². The van der Waals surface area contributed by atoms with Crippen LogP contribution in [0.5, 0.6) is 5.75 Å². The van der Waals surface area contributed by atoms with Crippen LogP contribution >= 0.6 is 12.2 Å². The van der Waals surface area contributed by atoms with Gasteiger partial charge >= 0.3 is 6.18 Å². The molecule has 24 heavy (non-hydrogen) atoms. The summed E-state index contributed by atoms with van der Waals surface area (Å²) in [6.07, 6.45) is -2.70. The van der Waals surface area contributed by atoms with Crippen LogP contribution < -0.4 is 4.74 Å². The van der Waals surface area contributed by atoms with Gasteiger partial charge in [0.05, 0.1) is 17.7 Å². The van der Waals surface area contributed by atoms with E-state index < -0.39 is 17.3 Å². The molecule has 0 saturated carbocycles. The second-order valence-corrected chi connectivity index (χ2v) is 5.55. The summed E-state index contributed by atoms with van der Waals surface area (Å²) in [6.45, 7) is 2.64. The molecule has 0 radical (unpaired) electrons. The summed E-state index contributed by atoms with van der Waals surface area (Å²) in [4.78, 5) is 2.68. The van der Waals surface area contributed by atoms with Crippen molar-refractivity contribution in [1.29, 1.82) is 5.26 Å². The zero-order chi connectivity index (χ0) is 17.7. The Hall–Kier alpha value is -2.33. The topological polar surface area (TPSA) is 48.8 Å². The van der Waals surface area contributed by atoms with Gasteiger partial charge in [-0.2, -0.15) is 18.4 Å². The summed E-state index contributed by atoms with van der Waals surface area (Å²) < 4.78 is 44.6. The number of pyridine rings is 1. The highest BCUT2D eigenvalue weighted by atomic mass is 32.1. The second-order valence-electron chi connectivity index (χ2n) is 5.14. The van der Waals surface area contributed by atoms with Crippen LogP contribution in [0.15, 0.2) is 30.3 Å². The molecule has 0 saturated heterocycles. The number of alkyl halides is 3. The van der Waals surface area contributed by atoms with Crippen LogP contribution in [-0.4, -0.2) is 11.6 Å². The quantitative estimate of drug-likeness (QED) is 0.572. The fourth-order valence-corrected chi connectivity index (χ4v) is 2.38. The Morgan fingerprint density at radius 1 is 1.25 bits per heavy atom. The highest BCUT2D eigenvalue weighted by molar-refractivity contribution is 7.71. The van der Waals surface area contributed by atoms with E-state index in [0.29, 0.717) is 17.9 Å². The van der Waals surface area contributed by atoms with Gasteiger partial charge in [0.1, 0.15) is 16.5 Å². The number of unbranched alkanes of at least 4 members (excludes halogenated alkanes) is 1. The SMILES string of the molecule is CCCCOc1ccc(-c2cc(C(F)(F)F)c(C#N)c(=S)[nH]2)cc1. The Balaban J connectivity index is 2.38.